The summed E-state index contributed by atoms with van der Waals surface area (Å²) < 4.78 is 85.1. The molecule has 2 aromatic carbocycles. The lowest BCUT2D eigenvalue weighted by Crippen LogP contribution is -2.47. The number of nitrogens with two attached hydrogens (primary N) is 1. The number of hydrogen-bond acceptors (Lipinski definition) is 10. The Bertz CT molecular complexity index is 1740. The van der Waals surface area contributed by atoms with Gasteiger partial charge in [0, 0.05) is 58.0 Å². The Morgan fingerprint density at radius 1 is 0.648 bits per heavy atom. The number of carbonyl (C=O) groups excluding carboxylic acids is 5. The molecule has 0 aliphatic carbocycles. The largest absolute Gasteiger partial charge is 0.495 e. The molecular formula is C33H40F6N8O7. The molecule has 2 saturated heterocycles. The van der Waals surface area contributed by atoms with Crippen molar-refractivity contribution in [3.05, 3.63) is 48.0 Å². The van der Waals surface area contributed by atoms with Crippen LogP contribution < -0.4 is 31.2 Å². The quantitative estimate of drug-likeness (QED) is 0.177. The number of anilines is 4. The van der Waals surface area contributed by atoms with Gasteiger partial charge in [0.25, 0.3) is 11.8 Å². The lowest BCUT2D eigenvalue weighted by Gasteiger charge is -2.33. The van der Waals surface area contributed by atoms with Crippen molar-refractivity contribution in [1.82, 2.24) is 19.6 Å². The van der Waals surface area contributed by atoms with Gasteiger partial charge >= 0.3 is 24.2 Å². The predicted octanol–water partition coefficient (Wildman–Crippen LogP) is 2.87. The van der Waals surface area contributed by atoms with Crippen LogP contribution in [0.5, 0.6) is 11.5 Å². The highest BCUT2D eigenvalue weighted by Crippen LogP contribution is 2.35. The fourth-order valence-electron chi connectivity index (χ4n) is 5.10. The number of amides is 5. The maximum atomic E-state index is 13.0. The molecule has 0 atom stereocenters. The molecule has 2 aliphatic rings. The van der Waals surface area contributed by atoms with Gasteiger partial charge in [-0.2, -0.15) is 26.3 Å². The van der Waals surface area contributed by atoms with Crippen molar-refractivity contribution in [2.45, 2.75) is 12.4 Å². The summed E-state index contributed by atoms with van der Waals surface area (Å²) in [6.07, 6.45) is -9.22. The third-order valence-electron chi connectivity index (χ3n) is 8.21. The van der Waals surface area contributed by atoms with Gasteiger partial charge in [-0.15, -0.1) is 0 Å². The molecule has 0 saturated carbocycles. The normalized spacial score (nSPS) is 15.3. The van der Waals surface area contributed by atoms with Crippen molar-refractivity contribution < 1.29 is 59.8 Å². The smallest absolute Gasteiger partial charge is 0.471 e. The molecule has 0 aromatic heterocycles. The molecule has 2 heterocycles. The number of alkyl halides is 6. The van der Waals surface area contributed by atoms with Crippen LogP contribution in [0.1, 0.15) is 20.7 Å². The fraction of sp³-hybridized carbons (Fsp3) is 0.424. The van der Waals surface area contributed by atoms with Crippen molar-refractivity contribution in [2.24, 2.45) is 0 Å². The number of nitrogen functional groups attached to an aromatic ring is 1. The number of halogens is 6. The number of methoxy groups -OCH3 is 2. The molecule has 2 fully saturated rings. The van der Waals surface area contributed by atoms with Gasteiger partial charge in [0.05, 0.1) is 42.4 Å². The molecule has 0 spiro atoms. The van der Waals surface area contributed by atoms with Crippen LogP contribution in [0.25, 0.3) is 0 Å². The molecular weight excluding hydrogens is 734 g/mol. The molecule has 21 heteroatoms. The second kappa shape index (κ2) is 18.0. The molecule has 15 nitrogen and oxygen atoms in total. The van der Waals surface area contributed by atoms with Crippen molar-refractivity contribution in [2.75, 3.05) is 102 Å². The molecule has 0 unspecified atom stereocenters. The number of piperazine rings is 2. The van der Waals surface area contributed by atoms with Gasteiger partial charge in [-0.3, -0.25) is 24.0 Å². The minimum absolute atomic E-state index is 0.0200. The van der Waals surface area contributed by atoms with Crippen molar-refractivity contribution in [3.63, 3.8) is 0 Å². The monoisotopic (exact) mass is 774 g/mol. The number of rotatable bonds is 8. The van der Waals surface area contributed by atoms with Crippen molar-refractivity contribution in [1.29, 1.82) is 0 Å². The zero-order chi connectivity index (χ0) is 40.5. The highest BCUT2D eigenvalue weighted by atomic mass is 19.4. The van der Waals surface area contributed by atoms with Gasteiger partial charge in [-0.25, -0.2) is 0 Å². The predicted molar refractivity (Wildman–Crippen MR) is 185 cm³/mol. The molecule has 54 heavy (non-hydrogen) atoms. The fourth-order valence-corrected chi connectivity index (χ4v) is 5.10. The van der Waals surface area contributed by atoms with E-state index >= 15 is 0 Å². The first-order valence-corrected chi connectivity index (χ1v) is 16.0. The van der Waals surface area contributed by atoms with Crippen LogP contribution in [0.15, 0.2) is 36.9 Å². The van der Waals surface area contributed by atoms with Gasteiger partial charge in [-0.05, 0) is 44.4 Å². The van der Waals surface area contributed by atoms with E-state index in [0.29, 0.717) is 52.4 Å². The Hall–Kier alpha value is -5.57. The number of nitrogens with zero attached hydrogens (tertiary/aromatic N) is 4. The molecule has 5 N–H and O–H groups in total. The number of likely N-dealkylation sites (N-methyl/N-ethyl adjacent to an activating group) is 2. The van der Waals surface area contributed by atoms with E-state index in [2.05, 4.69) is 16.8 Å². The zero-order valence-corrected chi connectivity index (χ0v) is 29.7. The van der Waals surface area contributed by atoms with E-state index in [1.807, 2.05) is 19.0 Å². The van der Waals surface area contributed by atoms with E-state index in [1.165, 1.54) is 26.4 Å². The van der Waals surface area contributed by atoms with E-state index in [9.17, 15) is 50.3 Å². The third-order valence-corrected chi connectivity index (χ3v) is 8.21. The van der Waals surface area contributed by atoms with E-state index < -0.39 is 36.0 Å². The van der Waals surface area contributed by atoms with Crippen LogP contribution in [-0.4, -0.2) is 142 Å². The average molecular weight is 775 g/mol. The topological polar surface area (TPSA) is 179 Å². The lowest BCUT2D eigenvalue weighted by atomic mass is 10.1. The van der Waals surface area contributed by atoms with E-state index in [4.69, 9.17) is 15.2 Å². The Balaban J connectivity index is 0.000000294. The van der Waals surface area contributed by atoms with Crippen molar-refractivity contribution >= 4 is 52.3 Å². The third kappa shape index (κ3) is 11.2. The highest BCUT2D eigenvalue weighted by molar-refractivity contribution is 6.08. The SMILES string of the molecule is C=CC(=O)Nc1cc(NC(=O)C(F)(F)F)c(OC)cc1C(=O)N1CCN(C)CC1.COc1cc(C(=O)N2CCN(C)CC2)c(N)cc1NC(=O)C(F)(F)F. The number of benzene rings is 2. The first kappa shape index (κ1) is 42.8. The molecule has 2 aromatic rings. The molecule has 4 rings (SSSR count). The minimum Gasteiger partial charge on any atom is -0.495 e. The average Bonchev–Trinajstić information content (AvgIpc) is 3.11. The molecule has 0 bridgehead atoms. The summed E-state index contributed by atoms with van der Waals surface area (Å²) in [4.78, 5) is 67.0. The van der Waals surface area contributed by atoms with Gasteiger partial charge < -0.3 is 50.8 Å². The van der Waals surface area contributed by atoms with E-state index in [-0.39, 0.29) is 51.3 Å². The first-order valence-electron chi connectivity index (χ1n) is 16.0. The standard InChI is InChI=1S/C18H21F3N4O4.C15H19F3N4O3/c1-4-15(26)22-12-10-13(23-17(28)18(19,20)21)14(29-3)9-11(12)16(27)25-7-5-24(2)6-8-25;1-21-3-5-22(6-4-21)13(23)9-7-12(25-2)11(8-10(9)19)20-14(24)15(16,17)18/h4,9-10H,1,5-8H2,2-3H3,(H,22,26)(H,23,28);7-8H,3-6,19H2,1-2H3,(H,20,24). The summed E-state index contributed by atoms with van der Waals surface area (Å²) in [5.41, 5.74) is 5.25. The number of ether oxygens (including phenoxy) is 2. The van der Waals surface area contributed by atoms with E-state index in [0.717, 1.165) is 18.2 Å². The molecule has 2 aliphatic heterocycles. The van der Waals surface area contributed by atoms with Crippen LogP contribution in [0.4, 0.5) is 49.1 Å². The van der Waals surface area contributed by atoms with Gasteiger partial charge in [0.15, 0.2) is 0 Å². The molecule has 296 valence electrons. The number of carbonyl (C=O) groups is 5. The second-order valence-electron chi connectivity index (χ2n) is 12.0. The first-order chi connectivity index (χ1) is 25.2. The van der Waals surface area contributed by atoms with Crippen LogP contribution in [0.2, 0.25) is 0 Å². The Kier molecular flexibility index (Phi) is 14.3. The van der Waals surface area contributed by atoms with Gasteiger partial charge in [0.1, 0.15) is 11.5 Å². The number of nitrogens with one attached hydrogen (secondary N) is 3. The Labute approximate surface area is 306 Å². The van der Waals surface area contributed by atoms with Crippen LogP contribution >= 0.6 is 0 Å². The summed E-state index contributed by atoms with van der Waals surface area (Å²) in [7, 11) is 6.26. The minimum atomic E-state index is -5.12. The van der Waals surface area contributed by atoms with E-state index in [1.54, 1.807) is 20.4 Å². The maximum absolute atomic E-state index is 13.0. The second-order valence-corrected chi connectivity index (χ2v) is 12.0. The Morgan fingerprint density at radius 3 is 1.43 bits per heavy atom. The van der Waals surface area contributed by atoms with Crippen LogP contribution in [-0.2, 0) is 14.4 Å². The number of hydrogen-bond donors (Lipinski definition) is 4. The summed E-state index contributed by atoms with van der Waals surface area (Å²) in [5, 5.41) is 5.77. The summed E-state index contributed by atoms with van der Waals surface area (Å²) >= 11 is 0. The summed E-state index contributed by atoms with van der Waals surface area (Å²) in [5.74, 6) is -6.03. The summed E-state index contributed by atoms with van der Waals surface area (Å²) in [6, 6.07) is 4.56. The lowest BCUT2D eigenvalue weighted by molar-refractivity contribution is -0.167. The summed E-state index contributed by atoms with van der Waals surface area (Å²) in [6.45, 7) is 7.95. The van der Waals surface area contributed by atoms with Gasteiger partial charge in [0.2, 0.25) is 5.91 Å². The Morgan fingerprint density at radius 2 is 1.04 bits per heavy atom. The molecule has 0 radical (unpaired) electrons. The van der Waals surface area contributed by atoms with Crippen molar-refractivity contribution in [3.8, 4) is 11.5 Å². The zero-order valence-electron chi connectivity index (χ0n) is 29.7. The maximum Gasteiger partial charge on any atom is 0.471 e. The molecule has 5 amide bonds. The van der Waals surface area contributed by atoms with Crippen LogP contribution in [0.3, 0.4) is 0 Å². The highest BCUT2D eigenvalue weighted by Gasteiger charge is 2.40. The van der Waals surface area contributed by atoms with Gasteiger partial charge in [-0.1, -0.05) is 6.58 Å². The van der Waals surface area contributed by atoms with Crippen LogP contribution in [0, 0.1) is 0 Å².